The molecule has 0 bridgehead atoms. The van der Waals surface area contributed by atoms with Crippen LogP contribution in [-0.4, -0.2) is 12.4 Å². The summed E-state index contributed by atoms with van der Waals surface area (Å²) in [5, 5.41) is 10.3. The van der Waals surface area contributed by atoms with Crippen molar-refractivity contribution in [2.75, 3.05) is 6.61 Å². The van der Waals surface area contributed by atoms with Crippen molar-refractivity contribution < 1.29 is 14.3 Å². The van der Waals surface area contributed by atoms with Crippen LogP contribution in [0.3, 0.4) is 0 Å². The largest absolute Gasteiger partial charge is 0.491 e. The fourth-order valence-corrected chi connectivity index (χ4v) is 4.26. The molecule has 3 rings (SSSR count). The van der Waals surface area contributed by atoms with E-state index in [0.717, 1.165) is 0 Å². The standard InChI is InChI=1S/C20H20Cl2N2O3/c1-4-26-18-12(21)5-10(6-13(18)22)16-11(9-23)19(24)27-15-8-20(2,3)7-14(25)17(15)16/h5-6,16H,4,7-8,24H2,1-3H3/t16-/m1/s1. The van der Waals surface area contributed by atoms with Crippen LogP contribution in [0.4, 0.5) is 0 Å². The first-order valence-electron chi connectivity index (χ1n) is 8.64. The third-order valence-corrected chi connectivity index (χ3v) is 5.28. The van der Waals surface area contributed by atoms with Crippen LogP contribution in [0.25, 0.3) is 0 Å². The zero-order chi connectivity index (χ0) is 19.9. The number of ether oxygens (including phenoxy) is 2. The van der Waals surface area contributed by atoms with E-state index in [1.165, 1.54) is 0 Å². The minimum absolute atomic E-state index is 0.00730. The van der Waals surface area contributed by atoms with E-state index in [-0.39, 0.29) is 22.7 Å². The second kappa shape index (κ2) is 7.10. The number of nitrogens with zero attached hydrogens (tertiary/aromatic N) is 1. The van der Waals surface area contributed by atoms with Gasteiger partial charge in [0, 0.05) is 18.4 Å². The van der Waals surface area contributed by atoms with Gasteiger partial charge in [-0.05, 0) is 30.0 Å². The summed E-state index contributed by atoms with van der Waals surface area (Å²) in [6.07, 6.45) is 0.922. The average Bonchev–Trinajstić information content (AvgIpc) is 2.55. The molecule has 0 spiro atoms. The van der Waals surface area contributed by atoms with E-state index in [9.17, 15) is 10.1 Å². The Morgan fingerprint density at radius 3 is 2.52 bits per heavy atom. The number of ketones is 1. The van der Waals surface area contributed by atoms with Crippen molar-refractivity contribution in [3.05, 3.63) is 50.5 Å². The van der Waals surface area contributed by atoms with Gasteiger partial charge in [0.15, 0.2) is 11.5 Å². The number of halogens is 2. The second-order valence-corrected chi connectivity index (χ2v) is 8.26. The first-order valence-corrected chi connectivity index (χ1v) is 9.39. The third-order valence-electron chi connectivity index (χ3n) is 4.72. The highest BCUT2D eigenvalue weighted by molar-refractivity contribution is 6.37. The molecule has 7 heteroatoms. The van der Waals surface area contributed by atoms with Gasteiger partial charge in [-0.1, -0.05) is 37.0 Å². The molecule has 1 atom stereocenters. The number of rotatable bonds is 3. The summed E-state index contributed by atoms with van der Waals surface area (Å²) in [5.74, 6) is 0.171. The van der Waals surface area contributed by atoms with Gasteiger partial charge in [-0.15, -0.1) is 0 Å². The molecular formula is C20H20Cl2N2O3. The van der Waals surface area contributed by atoms with Crippen molar-refractivity contribution in [2.45, 2.75) is 39.5 Å². The summed E-state index contributed by atoms with van der Waals surface area (Å²) in [4.78, 5) is 12.9. The molecule has 0 aromatic heterocycles. The van der Waals surface area contributed by atoms with Crippen LogP contribution in [-0.2, 0) is 9.53 Å². The summed E-state index contributed by atoms with van der Waals surface area (Å²) in [5.41, 5.74) is 7.02. The molecule has 0 saturated heterocycles. The molecule has 0 amide bonds. The molecule has 0 unspecified atom stereocenters. The van der Waals surface area contributed by atoms with Crippen molar-refractivity contribution in [1.82, 2.24) is 0 Å². The minimum atomic E-state index is -0.659. The maximum Gasteiger partial charge on any atom is 0.205 e. The Morgan fingerprint density at radius 2 is 1.96 bits per heavy atom. The van der Waals surface area contributed by atoms with Gasteiger partial charge in [-0.2, -0.15) is 5.26 Å². The highest BCUT2D eigenvalue weighted by Crippen LogP contribution is 2.49. The molecule has 2 aliphatic rings. The van der Waals surface area contributed by atoms with Crippen LogP contribution < -0.4 is 10.5 Å². The van der Waals surface area contributed by atoms with Gasteiger partial charge < -0.3 is 15.2 Å². The number of nitriles is 1. The highest BCUT2D eigenvalue weighted by atomic mass is 35.5. The number of carbonyl (C=O) groups is 1. The highest BCUT2D eigenvalue weighted by Gasteiger charge is 2.43. The van der Waals surface area contributed by atoms with Crippen molar-refractivity contribution in [2.24, 2.45) is 11.1 Å². The minimum Gasteiger partial charge on any atom is -0.491 e. The molecule has 142 valence electrons. The van der Waals surface area contributed by atoms with Gasteiger partial charge in [-0.3, -0.25) is 4.79 Å². The third kappa shape index (κ3) is 3.52. The molecule has 1 aliphatic carbocycles. The summed E-state index contributed by atoms with van der Waals surface area (Å²) in [6.45, 7) is 6.24. The number of hydrogen-bond donors (Lipinski definition) is 1. The van der Waals surface area contributed by atoms with E-state index in [4.69, 9.17) is 38.4 Å². The van der Waals surface area contributed by atoms with E-state index in [2.05, 4.69) is 6.07 Å². The summed E-state index contributed by atoms with van der Waals surface area (Å²) < 4.78 is 11.1. The topological polar surface area (TPSA) is 85.3 Å². The van der Waals surface area contributed by atoms with Gasteiger partial charge in [0.1, 0.15) is 17.4 Å². The molecular weight excluding hydrogens is 387 g/mol. The lowest BCUT2D eigenvalue weighted by molar-refractivity contribution is -0.119. The summed E-state index contributed by atoms with van der Waals surface area (Å²) in [6, 6.07) is 5.41. The number of Topliss-reactive ketones (excluding diaryl/α,β-unsaturated/α-hetero) is 1. The molecule has 1 aromatic carbocycles. The smallest absolute Gasteiger partial charge is 0.205 e. The monoisotopic (exact) mass is 406 g/mol. The fourth-order valence-electron chi connectivity index (χ4n) is 3.65. The van der Waals surface area contributed by atoms with Crippen LogP contribution in [0.2, 0.25) is 10.0 Å². The first-order chi connectivity index (χ1) is 12.7. The molecule has 0 fully saturated rings. The van der Waals surface area contributed by atoms with E-state index in [0.29, 0.717) is 52.1 Å². The Balaban J connectivity index is 2.19. The second-order valence-electron chi connectivity index (χ2n) is 7.45. The Kier molecular flexibility index (Phi) is 5.16. The zero-order valence-corrected chi connectivity index (χ0v) is 16.9. The van der Waals surface area contributed by atoms with Crippen LogP contribution in [0.1, 0.15) is 45.1 Å². The molecule has 0 saturated carbocycles. The van der Waals surface area contributed by atoms with Crippen molar-refractivity contribution >= 4 is 29.0 Å². The molecule has 5 nitrogen and oxygen atoms in total. The Bertz CT molecular complexity index is 903. The van der Waals surface area contributed by atoms with Gasteiger partial charge in [0.25, 0.3) is 0 Å². The van der Waals surface area contributed by atoms with E-state index in [1.807, 2.05) is 20.8 Å². The van der Waals surface area contributed by atoms with Gasteiger partial charge in [-0.25, -0.2) is 0 Å². The van der Waals surface area contributed by atoms with Crippen LogP contribution in [0, 0.1) is 16.7 Å². The average molecular weight is 407 g/mol. The van der Waals surface area contributed by atoms with Gasteiger partial charge in [0.2, 0.25) is 5.88 Å². The normalized spacial score (nSPS) is 21.5. The first kappa shape index (κ1) is 19.6. The number of allylic oxidation sites excluding steroid dienone is 3. The van der Waals surface area contributed by atoms with Gasteiger partial charge in [0.05, 0.1) is 22.6 Å². The Hall–Kier alpha value is -2.16. The Morgan fingerprint density at radius 1 is 1.33 bits per heavy atom. The summed E-state index contributed by atoms with van der Waals surface area (Å²) >= 11 is 12.7. The fraction of sp³-hybridized carbons (Fsp3) is 0.400. The summed E-state index contributed by atoms with van der Waals surface area (Å²) in [7, 11) is 0. The lowest BCUT2D eigenvalue weighted by Gasteiger charge is -2.37. The lowest BCUT2D eigenvalue weighted by Crippen LogP contribution is -2.33. The zero-order valence-electron chi connectivity index (χ0n) is 15.4. The number of hydrogen-bond acceptors (Lipinski definition) is 5. The van der Waals surface area contributed by atoms with Crippen molar-refractivity contribution in [3.63, 3.8) is 0 Å². The SMILES string of the molecule is CCOc1c(Cl)cc([C@@H]2C(C#N)=C(N)OC3=C2C(=O)CC(C)(C)C3)cc1Cl. The van der Waals surface area contributed by atoms with E-state index >= 15 is 0 Å². The maximum atomic E-state index is 12.9. The molecule has 1 aliphatic heterocycles. The molecule has 1 aromatic rings. The quantitative estimate of drug-likeness (QED) is 0.775. The van der Waals surface area contributed by atoms with Crippen molar-refractivity contribution in [3.8, 4) is 11.8 Å². The van der Waals surface area contributed by atoms with Crippen molar-refractivity contribution in [1.29, 1.82) is 5.26 Å². The van der Waals surface area contributed by atoms with Crippen LogP contribution >= 0.6 is 23.2 Å². The number of carbonyl (C=O) groups excluding carboxylic acids is 1. The Labute approximate surface area is 168 Å². The predicted octanol–water partition coefficient (Wildman–Crippen LogP) is 4.84. The maximum absolute atomic E-state index is 12.9. The van der Waals surface area contributed by atoms with Gasteiger partial charge >= 0.3 is 0 Å². The lowest BCUT2D eigenvalue weighted by atomic mass is 9.70. The van der Waals surface area contributed by atoms with E-state index in [1.54, 1.807) is 12.1 Å². The predicted molar refractivity (Wildman–Crippen MR) is 103 cm³/mol. The van der Waals surface area contributed by atoms with Crippen LogP contribution in [0.5, 0.6) is 5.75 Å². The number of nitrogens with two attached hydrogens (primary N) is 1. The molecule has 0 radical (unpaired) electrons. The van der Waals surface area contributed by atoms with Crippen LogP contribution in [0.15, 0.2) is 34.9 Å². The molecule has 27 heavy (non-hydrogen) atoms. The number of benzene rings is 1. The molecule has 1 heterocycles. The van der Waals surface area contributed by atoms with E-state index < -0.39 is 5.92 Å². The molecule has 2 N–H and O–H groups in total.